The van der Waals surface area contributed by atoms with Crippen LogP contribution in [0.15, 0.2) is 64.1 Å². The van der Waals surface area contributed by atoms with Crippen LogP contribution in [0, 0.1) is 0 Å². The Morgan fingerprint density at radius 2 is 1.31 bits per heavy atom. The molecule has 0 amide bonds. The molecule has 0 bridgehead atoms. The number of aromatic nitrogens is 1. The van der Waals surface area contributed by atoms with Crippen molar-refractivity contribution in [3.8, 4) is 5.75 Å². The molecule has 0 N–H and O–H groups in total. The van der Waals surface area contributed by atoms with Crippen LogP contribution in [0.2, 0.25) is 0 Å². The standard InChI is InChI=1S/C25H29NO9/c27-24(22-19-20-3-1-2-4-23(20)35-25(22)28)34-18-16-32-14-12-30-10-9-29-11-13-31-15-17-33-21-5-7-26-8-6-21/h1-8,19H,9-18H2. The van der Waals surface area contributed by atoms with Crippen LogP contribution in [-0.4, -0.2) is 77.0 Å². The molecule has 0 saturated heterocycles. The molecule has 0 fully saturated rings. The Labute approximate surface area is 202 Å². The van der Waals surface area contributed by atoms with Crippen molar-refractivity contribution in [2.24, 2.45) is 0 Å². The minimum atomic E-state index is -0.744. The zero-order chi connectivity index (χ0) is 24.6. The molecule has 0 aliphatic carbocycles. The van der Waals surface area contributed by atoms with Gasteiger partial charge in [-0.1, -0.05) is 18.2 Å². The number of esters is 1. The van der Waals surface area contributed by atoms with Crippen LogP contribution in [0.1, 0.15) is 10.4 Å². The lowest BCUT2D eigenvalue weighted by atomic mass is 10.2. The second kappa shape index (κ2) is 15.6. The molecular weight excluding hydrogens is 458 g/mol. The summed E-state index contributed by atoms with van der Waals surface area (Å²) in [5.74, 6) is 0.0175. The Bertz CT molecular complexity index is 1070. The minimum absolute atomic E-state index is 0.0157. The van der Waals surface area contributed by atoms with Gasteiger partial charge in [-0.3, -0.25) is 4.98 Å². The first kappa shape index (κ1) is 26.3. The maximum absolute atomic E-state index is 12.1. The first-order valence-corrected chi connectivity index (χ1v) is 11.3. The van der Waals surface area contributed by atoms with Crippen LogP contribution >= 0.6 is 0 Å². The van der Waals surface area contributed by atoms with E-state index >= 15 is 0 Å². The SMILES string of the molecule is O=C(OCCOCCOCCOCCOCCOc1ccncc1)c1cc2ccccc2oc1=O. The first-order chi connectivity index (χ1) is 17.2. The van der Waals surface area contributed by atoms with Gasteiger partial charge in [-0.05, 0) is 24.3 Å². The van der Waals surface area contributed by atoms with Gasteiger partial charge in [0.2, 0.25) is 0 Å². The summed E-state index contributed by atoms with van der Waals surface area (Å²) in [7, 11) is 0. The Hall–Kier alpha value is -3.31. The van der Waals surface area contributed by atoms with Gasteiger partial charge in [-0.25, -0.2) is 9.59 Å². The molecule has 0 saturated carbocycles. The number of rotatable bonds is 17. The second-order valence-electron chi connectivity index (χ2n) is 7.10. The summed E-state index contributed by atoms with van der Waals surface area (Å²) in [5.41, 5.74) is -0.457. The molecule has 10 nitrogen and oxygen atoms in total. The van der Waals surface area contributed by atoms with Crippen molar-refractivity contribution < 1.29 is 37.6 Å². The van der Waals surface area contributed by atoms with E-state index in [0.29, 0.717) is 63.8 Å². The highest BCUT2D eigenvalue weighted by Gasteiger charge is 2.14. The van der Waals surface area contributed by atoms with Crippen molar-refractivity contribution in [2.75, 3.05) is 66.1 Å². The molecule has 0 aliphatic rings. The van der Waals surface area contributed by atoms with E-state index < -0.39 is 11.6 Å². The van der Waals surface area contributed by atoms with Gasteiger partial charge in [-0.2, -0.15) is 0 Å². The lowest BCUT2D eigenvalue weighted by Crippen LogP contribution is -2.19. The topological polar surface area (TPSA) is 116 Å². The summed E-state index contributed by atoms with van der Waals surface area (Å²) in [6, 6.07) is 12.0. The third-order valence-electron chi connectivity index (χ3n) is 4.58. The summed E-state index contributed by atoms with van der Waals surface area (Å²) in [4.78, 5) is 28.0. The highest BCUT2D eigenvalue weighted by Crippen LogP contribution is 2.13. The molecule has 2 aromatic heterocycles. The molecule has 10 heteroatoms. The average molecular weight is 488 g/mol. The fraction of sp³-hybridized carbons (Fsp3) is 0.400. The average Bonchev–Trinajstić information content (AvgIpc) is 2.88. The number of benzene rings is 1. The quantitative estimate of drug-likeness (QED) is 0.160. The maximum atomic E-state index is 12.1. The van der Waals surface area contributed by atoms with E-state index in [0.717, 1.165) is 5.75 Å². The van der Waals surface area contributed by atoms with E-state index in [-0.39, 0.29) is 18.8 Å². The highest BCUT2D eigenvalue weighted by molar-refractivity contribution is 5.92. The molecule has 0 spiro atoms. The largest absolute Gasteiger partial charge is 0.491 e. The van der Waals surface area contributed by atoms with E-state index in [9.17, 15) is 9.59 Å². The number of nitrogens with zero attached hydrogens (tertiary/aromatic N) is 1. The fourth-order valence-corrected chi connectivity index (χ4v) is 2.89. The number of carbonyl (C=O) groups is 1. The van der Waals surface area contributed by atoms with Crippen molar-refractivity contribution in [3.05, 3.63) is 70.8 Å². The number of hydrogen-bond acceptors (Lipinski definition) is 10. The number of pyridine rings is 1. The molecule has 1 aromatic carbocycles. The second-order valence-corrected chi connectivity index (χ2v) is 7.10. The normalized spacial score (nSPS) is 11.0. The lowest BCUT2D eigenvalue weighted by Gasteiger charge is -2.08. The van der Waals surface area contributed by atoms with Gasteiger partial charge >= 0.3 is 11.6 Å². The van der Waals surface area contributed by atoms with Gasteiger partial charge < -0.3 is 32.8 Å². The van der Waals surface area contributed by atoms with Crippen LogP contribution in [0.3, 0.4) is 0 Å². The third-order valence-corrected chi connectivity index (χ3v) is 4.58. The minimum Gasteiger partial charge on any atom is -0.491 e. The number of para-hydroxylation sites is 1. The van der Waals surface area contributed by atoms with E-state index in [1.165, 1.54) is 6.07 Å². The van der Waals surface area contributed by atoms with E-state index in [1.807, 2.05) is 0 Å². The molecule has 3 rings (SSSR count). The van der Waals surface area contributed by atoms with Crippen molar-refractivity contribution >= 4 is 16.9 Å². The van der Waals surface area contributed by atoms with Gasteiger partial charge in [0.15, 0.2) is 0 Å². The number of carbonyl (C=O) groups excluding carboxylic acids is 1. The number of fused-ring (bicyclic) bond motifs is 1. The molecule has 0 atom stereocenters. The Morgan fingerprint density at radius 1 is 0.743 bits per heavy atom. The van der Waals surface area contributed by atoms with E-state index in [2.05, 4.69) is 4.98 Å². The smallest absolute Gasteiger partial charge is 0.351 e. The number of hydrogen-bond donors (Lipinski definition) is 0. The summed E-state index contributed by atoms with van der Waals surface area (Å²) >= 11 is 0. The highest BCUT2D eigenvalue weighted by atomic mass is 16.6. The molecule has 2 heterocycles. The van der Waals surface area contributed by atoms with Crippen LogP contribution in [0.5, 0.6) is 5.75 Å². The van der Waals surface area contributed by atoms with Crippen LogP contribution in [0.4, 0.5) is 0 Å². The summed E-state index contributed by atoms with van der Waals surface area (Å²) < 4.78 is 37.3. The summed E-state index contributed by atoms with van der Waals surface area (Å²) in [6.45, 7) is 3.69. The van der Waals surface area contributed by atoms with Crippen LogP contribution in [-0.2, 0) is 23.7 Å². The fourth-order valence-electron chi connectivity index (χ4n) is 2.89. The molecule has 35 heavy (non-hydrogen) atoms. The summed E-state index contributed by atoms with van der Waals surface area (Å²) in [6.07, 6.45) is 3.34. The van der Waals surface area contributed by atoms with Crippen LogP contribution < -0.4 is 10.4 Å². The molecule has 188 valence electrons. The molecular formula is C25H29NO9. The van der Waals surface area contributed by atoms with Crippen molar-refractivity contribution in [1.82, 2.24) is 4.98 Å². The molecule has 0 radical (unpaired) electrons. The molecule has 3 aromatic rings. The van der Waals surface area contributed by atoms with Gasteiger partial charge in [0.05, 0.1) is 52.9 Å². The third kappa shape index (κ3) is 9.83. The first-order valence-electron chi connectivity index (χ1n) is 11.3. The van der Waals surface area contributed by atoms with Crippen molar-refractivity contribution in [2.45, 2.75) is 0 Å². The van der Waals surface area contributed by atoms with Gasteiger partial charge in [0.25, 0.3) is 0 Å². The van der Waals surface area contributed by atoms with Gasteiger partial charge in [0, 0.05) is 17.8 Å². The monoisotopic (exact) mass is 487 g/mol. The zero-order valence-electron chi connectivity index (χ0n) is 19.4. The van der Waals surface area contributed by atoms with Crippen molar-refractivity contribution in [3.63, 3.8) is 0 Å². The Kier molecular flexibility index (Phi) is 11.7. The van der Waals surface area contributed by atoms with E-state index in [4.69, 9.17) is 32.8 Å². The summed E-state index contributed by atoms with van der Waals surface area (Å²) in [5, 5.41) is 0.649. The lowest BCUT2D eigenvalue weighted by molar-refractivity contribution is -0.0108. The Morgan fingerprint density at radius 3 is 1.97 bits per heavy atom. The predicted molar refractivity (Wildman–Crippen MR) is 126 cm³/mol. The zero-order valence-corrected chi connectivity index (χ0v) is 19.4. The number of ether oxygens (including phenoxy) is 6. The van der Waals surface area contributed by atoms with E-state index in [1.54, 1.807) is 48.8 Å². The maximum Gasteiger partial charge on any atom is 0.351 e. The van der Waals surface area contributed by atoms with Crippen molar-refractivity contribution in [1.29, 1.82) is 0 Å². The molecule has 0 unspecified atom stereocenters. The molecule has 0 aliphatic heterocycles. The predicted octanol–water partition coefficient (Wildman–Crippen LogP) is 2.49. The van der Waals surface area contributed by atoms with Crippen LogP contribution in [0.25, 0.3) is 11.0 Å². The van der Waals surface area contributed by atoms with Gasteiger partial charge in [0.1, 0.15) is 30.1 Å². The Balaban J connectivity index is 1.10. The van der Waals surface area contributed by atoms with Gasteiger partial charge in [-0.15, -0.1) is 0 Å².